The quantitative estimate of drug-likeness (QED) is 0.919. The first-order valence-corrected chi connectivity index (χ1v) is 7.51. The van der Waals surface area contributed by atoms with Crippen LogP contribution in [-0.4, -0.2) is 39.1 Å². The maximum absolute atomic E-state index is 4.48. The van der Waals surface area contributed by atoms with E-state index in [0.29, 0.717) is 6.04 Å². The Bertz CT molecular complexity index is 625. The number of hydrogen-bond acceptors (Lipinski definition) is 6. The van der Waals surface area contributed by atoms with Gasteiger partial charge in [0.1, 0.15) is 12.1 Å². The van der Waals surface area contributed by atoms with Crippen LogP contribution in [0, 0.1) is 0 Å². The molecule has 0 aromatic carbocycles. The molecule has 6 nitrogen and oxygen atoms in total. The van der Waals surface area contributed by atoms with Crippen LogP contribution in [0.2, 0.25) is 0 Å². The zero-order chi connectivity index (χ0) is 14.1. The van der Waals surface area contributed by atoms with Crippen molar-refractivity contribution < 1.29 is 0 Å². The van der Waals surface area contributed by atoms with Gasteiger partial charge >= 0.3 is 0 Å². The molecule has 0 amide bonds. The number of nitrogens with one attached hydrogen (secondary N) is 1. The van der Waals surface area contributed by atoms with E-state index >= 15 is 0 Å². The molecule has 1 fully saturated rings. The van der Waals surface area contributed by atoms with Gasteiger partial charge in [0.2, 0.25) is 5.95 Å². The normalized spacial score (nSPS) is 18.0. The molecule has 0 bridgehead atoms. The van der Waals surface area contributed by atoms with Gasteiger partial charge in [-0.1, -0.05) is 0 Å². The summed E-state index contributed by atoms with van der Waals surface area (Å²) < 4.78 is 0. The lowest BCUT2D eigenvalue weighted by Crippen LogP contribution is -2.27. The Morgan fingerprint density at radius 3 is 2.62 bits per heavy atom. The Morgan fingerprint density at radius 2 is 1.81 bits per heavy atom. The van der Waals surface area contributed by atoms with Gasteiger partial charge in [0.15, 0.2) is 0 Å². The summed E-state index contributed by atoms with van der Waals surface area (Å²) in [6.45, 7) is 1.81. The molecule has 0 atom stereocenters. The monoisotopic (exact) mass is 282 g/mol. The minimum atomic E-state index is 0.612. The van der Waals surface area contributed by atoms with Crippen molar-refractivity contribution in [1.29, 1.82) is 0 Å². The third-order valence-electron chi connectivity index (χ3n) is 4.04. The first-order chi connectivity index (χ1) is 10.4. The summed E-state index contributed by atoms with van der Waals surface area (Å²) in [4.78, 5) is 19.8. The lowest BCUT2D eigenvalue weighted by atomic mass is 10.1. The van der Waals surface area contributed by atoms with Crippen molar-refractivity contribution in [2.75, 3.05) is 23.3 Å². The van der Waals surface area contributed by atoms with Crippen LogP contribution < -0.4 is 10.2 Å². The van der Waals surface area contributed by atoms with Crippen LogP contribution in [0.4, 0.5) is 11.8 Å². The van der Waals surface area contributed by atoms with E-state index in [0.717, 1.165) is 43.4 Å². The molecule has 2 aliphatic rings. The van der Waals surface area contributed by atoms with Crippen molar-refractivity contribution in [2.45, 2.75) is 31.7 Å². The second-order valence-corrected chi connectivity index (χ2v) is 5.60. The van der Waals surface area contributed by atoms with Crippen LogP contribution in [0.25, 0.3) is 0 Å². The van der Waals surface area contributed by atoms with Crippen molar-refractivity contribution in [1.82, 2.24) is 19.9 Å². The van der Waals surface area contributed by atoms with Crippen LogP contribution in [0.5, 0.6) is 0 Å². The number of anilines is 2. The molecule has 2 aromatic rings. The molecule has 108 valence electrons. The highest BCUT2D eigenvalue weighted by atomic mass is 15.2. The van der Waals surface area contributed by atoms with E-state index in [2.05, 4.69) is 30.2 Å². The second kappa shape index (κ2) is 5.27. The van der Waals surface area contributed by atoms with Gasteiger partial charge in [-0.15, -0.1) is 0 Å². The maximum Gasteiger partial charge on any atom is 0.225 e. The van der Waals surface area contributed by atoms with Gasteiger partial charge in [0.05, 0.1) is 5.69 Å². The van der Waals surface area contributed by atoms with Crippen LogP contribution in [0.3, 0.4) is 0 Å². The molecule has 0 radical (unpaired) electrons. The van der Waals surface area contributed by atoms with E-state index in [1.165, 1.54) is 18.4 Å². The van der Waals surface area contributed by atoms with Crippen molar-refractivity contribution in [2.24, 2.45) is 0 Å². The molecule has 1 aliphatic carbocycles. The topological polar surface area (TPSA) is 66.8 Å². The van der Waals surface area contributed by atoms with Gasteiger partial charge < -0.3 is 10.2 Å². The van der Waals surface area contributed by atoms with E-state index in [1.807, 2.05) is 6.07 Å². The lowest BCUT2D eigenvalue weighted by Gasteiger charge is -2.19. The van der Waals surface area contributed by atoms with E-state index in [1.54, 1.807) is 18.7 Å². The fraction of sp³-hybridized carbons (Fsp3) is 0.467. The standard InChI is InChI=1S/C15H18N6/c1-6-16-15(17-7-1)21-8-4-12-13(5-9-21)18-10-19-14(12)20-11-2-3-11/h1,6-7,10-11H,2-5,8-9H2,(H,18,19,20). The Hall–Kier alpha value is -2.24. The average Bonchev–Trinajstić information content (AvgIpc) is 3.35. The first-order valence-electron chi connectivity index (χ1n) is 7.51. The molecule has 1 aliphatic heterocycles. The smallest absolute Gasteiger partial charge is 0.225 e. The SMILES string of the molecule is c1cnc(N2CCc3ncnc(NC4CC4)c3CC2)nc1. The molecule has 1 saturated carbocycles. The Labute approximate surface area is 123 Å². The first kappa shape index (κ1) is 12.5. The van der Waals surface area contributed by atoms with Crippen molar-refractivity contribution >= 4 is 11.8 Å². The van der Waals surface area contributed by atoms with Crippen LogP contribution >= 0.6 is 0 Å². The fourth-order valence-corrected chi connectivity index (χ4v) is 2.73. The summed E-state index contributed by atoms with van der Waals surface area (Å²) >= 11 is 0. The summed E-state index contributed by atoms with van der Waals surface area (Å²) in [6.07, 6.45) is 9.61. The molecular formula is C15H18N6. The van der Waals surface area contributed by atoms with Crippen molar-refractivity contribution in [3.05, 3.63) is 36.0 Å². The predicted octanol–water partition coefficient (Wildman–Crippen LogP) is 1.45. The molecular weight excluding hydrogens is 264 g/mol. The fourth-order valence-electron chi connectivity index (χ4n) is 2.73. The Morgan fingerprint density at radius 1 is 1.00 bits per heavy atom. The van der Waals surface area contributed by atoms with Gasteiger partial charge in [0, 0.05) is 43.5 Å². The zero-order valence-electron chi connectivity index (χ0n) is 11.9. The van der Waals surface area contributed by atoms with E-state index < -0.39 is 0 Å². The van der Waals surface area contributed by atoms with Crippen LogP contribution in [0.1, 0.15) is 24.1 Å². The van der Waals surface area contributed by atoms with Gasteiger partial charge in [0.25, 0.3) is 0 Å². The molecule has 0 saturated heterocycles. The van der Waals surface area contributed by atoms with E-state index in [4.69, 9.17) is 0 Å². The van der Waals surface area contributed by atoms with E-state index in [-0.39, 0.29) is 0 Å². The van der Waals surface area contributed by atoms with Crippen LogP contribution in [0.15, 0.2) is 24.8 Å². The molecule has 0 spiro atoms. The summed E-state index contributed by atoms with van der Waals surface area (Å²) in [5.41, 5.74) is 2.43. The molecule has 1 N–H and O–H groups in total. The van der Waals surface area contributed by atoms with Gasteiger partial charge in [-0.2, -0.15) is 0 Å². The number of fused-ring (bicyclic) bond motifs is 1. The van der Waals surface area contributed by atoms with Crippen molar-refractivity contribution in [3.63, 3.8) is 0 Å². The molecule has 2 aromatic heterocycles. The van der Waals surface area contributed by atoms with Gasteiger partial charge in [-0.05, 0) is 25.3 Å². The zero-order valence-corrected chi connectivity index (χ0v) is 11.9. The number of aromatic nitrogens is 4. The molecule has 4 rings (SSSR count). The van der Waals surface area contributed by atoms with Gasteiger partial charge in [-0.25, -0.2) is 19.9 Å². The van der Waals surface area contributed by atoms with Crippen LogP contribution in [-0.2, 0) is 12.8 Å². The summed E-state index contributed by atoms with van der Waals surface area (Å²) in [5, 5.41) is 3.53. The highest BCUT2D eigenvalue weighted by Gasteiger charge is 2.25. The third kappa shape index (κ3) is 2.66. The number of nitrogens with zero attached hydrogens (tertiary/aromatic N) is 5. The summed E-state index contributed by atoms with van der Waals surface area (Å²) in [5.74, 6) is 1.83. The molecule has 21 heavy (non-hydrogen) atoms. The minimum Gasteiger partial charge on any atom is -0.367 e. The second-order valence-electron chi connectivity index (χ2n) is 5.60. The molecule has 6 heteroatoms. The van der Waals surface area contributed by atoms with Crippen molar-refractivity contribution in [3.8, 4) is 0 Å². The lowest BCUT2D eigenvalue weighted by molar-refractivity contribution is 0.769. The largest absolute Gasteiger partial charge is 0.367 e. The third-order valence-corrected chi connectivity index (χ3v) is 4.04. The highest BCUT2D eigenvalue weighted by molar-refractivity contribution is 5.49. The summed E-state index contributed by atoms with van der Waals surface area (Å²) in [7, 11) is 0. The highest BCUT2D eigenvalue weighted by Crippen LogP contribution is 2.28. The number of hydrogen-bond donors (Lipinski definition) is 1. The maximum atomic E-state index is 4.48. The molecule has 0 unspecified atom stereocenters. The summed E-state index contributed by atoms with van der Waals surface area (Å²) in [6, 6.07) is 2.46. The Balaban J connectivity index is 1.57. The minimum absolute atomic E-state index is 0.612. The molecule has 3 heterocycles. The van der Waals surface area contributed by atoms with E-state index in [9.17, 15) is 0 Å². The Kier molecular flexibility index (Phi) is 3.14. The number of rotatable bonds is 3. The predicted molar refractivity (Wildman–Crippen MR) is 80.3 cm³/mol. The average molecular weight is 282 g/mol. The van der Waals surface area contributed by atoms with Gasteiger partial charge in [-0.3, -0.25) is 0 Å².